The number of anilines is 1. The van der Waals surface area contributed by atoms with Crippen molar-refractivity contribution < 1.29 is 17.9 Å². The lowest BCUT2D eigenvalue weighted by molar-refractivity contribution is -0.113. The second kappa shape index (κ2) is 9.74. The van der Waals surface area contributed by atoms with Crippen LogP contribution >= 0.6 is 11.8 Å². The van der Waals surface area contributed by atoms with Crippen LogP contribution in [0.1, 0.15) is 12.2 Å². The van der Waals surface area contributed by atoms with E-state index in [0.717, 1.165) is 11.6 Å². The van der Waals surface area contributed by atoms with Crippen molar-refractivity contribution in [1.82, 2.24) is 14.8 Å². The molecule has 32 heavy (non-hydrogen) atoms. The van der Waals surface area contributed by atoms with Crippen LogP contribution in [0.2, 0.25) is 0 Å². The second-order valence-corrected chi connectivity index (χ2v) is 10.9. The number of sulfone groups is 1. The zero-order valence-corrected chi connectivity index (χ0v) is 19.2. The third kappa shape index (κ3) is 5.89. The maximum absolute atomic E-state index is 12.3. The number of nitrogens with one attached hydrogen (secondary N) is 1. The van der Waals surface area contributed by atoms with Crippen LogP contribution in [0.5, 0.6) is 11.5 Å². The quantitative estimate of drug-likeness (QED) is 0.502. The van der Waals surface area contributed by atoms with E-state index < -0.39 is 9.84 Å². The molecule has 8 nitrogen and oxygen atoms in total. The minimum absolute atomic E-state index is 0.0814. The van der Waals surface area contributed by atoms with Crippen molar-refractivity contribution in [3.8, 4) is 11.5 Å². The Morgan fingerprint density at radius 2 is 1.84 bits per heavy atom. The lowest BCUT2D eigenvalue weighted by Crippen LogP contribution is -2.14. The van der Waals surface area contributed by atoms with Gasteiger partial charge in [0.25, 0.3) is 0 Å². The van der Waals surface area contributed by atoms with E-state index in [1.54, 1.807) is 24.3 Å². The van der Waals surface area contributed by atoms with Crippen LogP contribution < -0.4 is 10.1 Å². The van der Waals surface area contributed by atoms with Gasteiger partial charge in [0.1, 0.15) is 17.3 Å². The highest BCUT2D eigenvalue weighted by atomic mass is 32.2. The molecule has 0 spiro atoms. The molecule has 1 aliphatic heterocycles. The molecular weight excluding hydrogens is 448 g/mol. The van der Waals surface area contributed by atoms with Crippen molar-refractivity contribution in [2.75, 3.05) is 22.6 Å². The Kier molecular flexibility index (Phi) is 6.80. The fraction of sp³-hybridized carbons (Fsp3) is 0.318. The maximum Gasteiger partial charge on any atom is 0.234 e. The van der Waals surface area contributed by atoms with Crippen LogP contribution in [0.15, 0.2) is 59.8 Å². The van der Waals surface area contributed by atoms with Gasteiger partial charge in [-0.3, -0.25) is 4.79 Å². The number of hydrogen-bond donors (Lipinski definition) is 1. The first-order valence-electron chi connectivity index (χ1n) is 10.2. The summed E-state index contributed by atoms with van der Waals surface area (Å²) in [4.78, 5) is 12.3. The van der Waals surface area contributed by atoms with Crippen molar-refractivity contribution in [3.05, 3.63) is 60.4 Å². The van der Waals surface area contributed by atoms with E-state index >= 15 is 0 Å². The first-order chi connectivity index (χ1) is 15.4. The van der Waals surface area contributed by atoms with Gasteiger partial charge in [-0.15, -0.1) is 10.2 Å². The molecule has 2 aromatic carbocycles. The molecular formula is C22H24N4O4S2. The predicted octanol–water partition coefficient (Wildman–Crippen LogP) is 3.32. The average molecular weight is 473 g/mol. The number of hydrogen-bond acceptors (Lipinski definition) is 7. The second-order valence-electron chi connectivity index (χ2n) is 7.71. The molecule has 168 valence electrons. The standard InChI is InChI=1S/C22H24N4O4S2/c1-26-20(13-16-11-12-32(28,29)15-16)24-25-22(26)31-14-21(27)23-17-7-9-19(10-8-17)30-18-5-3-2-4-6-18/h2-10,16H,11-15H2,1H3,(H,23,27)/t16-/m1/s1. The molecule has 0 bridgehead atoms. The smallest absolute Gasteiger partial charge is 0.234 e. The summed E-state index contributed by atoms with van der Waals surface area (Å²) in [6.07, 6.45) is 1.24. The molecule has 4 rings (SSSR count). The molecule has 0 unspecified atom stereocenters. The molecule has 0 aliphatic carbocycles. The summed E-state index contributed by atoms with van der Waals surface area (Å²) in [5.74, 6) is 2.74. The predicted molar refractivity (Wildman–Crippen MR) is 124 cm³/mol. The summed E-state index contributed by atoms with van der Waals surface area (Å²) in [6, 6.07) is 16.7. The Labute approximate surface area is 191 Å². The number of aromatic nitrogens is 3. The highest BCUT2D eigenvalue weighted by Gasteiger charge is 2.29. The lowest BCUT2D eigenvalue weighted by Gasteiger charge is -2.09. The van der Waals surface area contributed by atoms with Gasteiger partial charge in [-0.25, -0.2) is 8.42 Å². The topological polar surface area (TPSA) is 103 Å². The molecule has 1 saturated heterocycles. The van der Waals surface area contributed by atoms with E-state index in [1.807, 2.05) is 41.9 Å². The van der Waals surface area contributed by atoms with E-state index in [-0.39, 0.29) is 29.1 Å². The van der Waals surface area contributed by atoms with Gasteiger partial charge in [0.05, 0.1) is 17.3 Å². The number of rotatable bonds is 8. The monoisotopic (exact) mass is 472 g/mol. The minimum Gasteiger partial charge on any atom is -0.457 e. The zero-order chi connectivity index (χ0) is 22.6. The molecule has 0 saturated carbocycles. The SMILES string of the molecule is Cn1c(C[C@H]2CCS(=O)(=O)C2)nnc1SCC(=O)Nc1ccc(Oc2ccccc2)cc1. The van der Waals surface area contributed by atoms with Gasteiger partial charge in [0, 0.05) is 19.2 Å². The number of nitrogens with zero attached hydrogens (tertiary/aromatic N) is 3. The van der Waals surface area contributed by atoms with Crippen molar-refractivity contribution in [2.24, 2.45) is 13.0 Å². The van der Waals surface area contributed by atoms with Gasteiger partial charge in [-0.2, -0.15) is 0 Å². The van der Waals surface area contributed by atoms with Gasteiger partial charge in [0.2, 0.25) is 5.91 Å². The molecule has 10 heteroatoms. The normalized spacial score (nSPS) is 17.2. The summed E-state index contributed by atoms with van der Waals surface area (Å²) in [6.45, 7) is 0. The van der Waals surface area contributed by atoms with Gasteiger partial charge in [-0.05, 0) is 48.7 Å². The summed E-state index contributed by atoms with van der Waals surface area (Å²) in [5.41, 5.74) is 0.678. The highest BCUT2D eigenvalue weighted by Crippen LogP contribution is 2.25. The van der Waals surface area contributed by atoms with E-state index in [9.17, 15) is 13.2 Å². The molecule has 3 aromatic rings. The number of carbonyl (C=O) groups is 1. The number of ether oxygens (including phenoxy) is 1. The molecule has 1 aliphatic rings. The summed E-state index contributed by atoms with van der Waals surface area (Å²) >= 11 is 1.29. The Balaban J connectivity index is 1.26. The Morgan fingerprint density at radius 3 is 2.53 bits per heavy atom. The summed E-state index contributed by atoms with van der Waals surface area (Å²) in [5, 5.41) is 11.8. The van der Waals surface area contributed by atoms with Crippen molar-refractivity contribution in [1.29, 1.82) is 0 Å². The lowest BCUT2D eigenvalue weighted by atomic mass is 10.1. The number of benzene rings is 2. The van der Waals surface area contributed by atoms with Gasteiger partial charge >= 0.3 is 0 Å². The van der Waals surface area contributed by atoms with Crippen LogP contribution in [-0.4, -0.2) is 46.3 Å². The summed E-state index contributed by atoms with van der Waals surface area (Å²) < 4.78 is 30.9. The number of amides is 1. The van der Waals surface area contributed by atoms with Crippen LogP contribution in [0.4, 0.5) is 5.69 Å². The molecule has 1 N–H and O–H groups in total. The number of carbonyl (C=O) groups excluding carboxylic acids is 1. The van der Waals surface area contributed by atoms with Crippen LogP contribution in [-0.2, 0) is 28.1 Å². The van der Waals surface area contributed by atoms with E-state index in [1.165, 1.54) is 11.8 Å². The van der Waals surface area contributed by atoms with E-state index in [0.29, 0.717) is 29.4 Å². The van der Waals surface area contributed by atoms with Crippen molar-refractivity contribution in [2.45, 2.75) is 18.0 Å². The van der Waals surface area contributed by atoms with Crippen LogP contribution in [0.25, 0.3) is 0 Å². The minimum atomic E-state index is -2.92. The maximum atomic E-state index is 12.3. The first-order valence-corrected chi connectivity index (χ1v) is 13.0. The Bertz CT molecular complexity index is 1180. The number of thioether (sulfide) groups is 1. The van der Waals surface area contributed by atoms with Crippen molar-refractivity contribution in [3.63, 3.8) is 0 Å². The summed E-state index contributed by atoms with van der Waals surface area (Å²) in [7, 11) is -1.08. The fourth-order valence-corrected chi connectivity index (χ4v) is 6.09. The molecule has 1 amide bonds. The first kappa shape index (κ1) is 22.3. The fourth-order valence-electron chi connectivity index (χ4n) is 3.50. The van der Waals surface area contributed by atoms with Crippen LogP contribution in [0.3, 0.4) is 0 Å². The average Bonchev–Trinajstić information content (AvgIpc) is 3.30. The van der Waals surface area contributed by atoms with Gasteiger partial charge in [-0.1, -0.05) is 30.0 Å². The third-order valence-corrected chi connectivity index (χ3v) is 8.03. The third-order valence-electron chi connectivity index (χ3n) is 5.17. The van der Waals surface area contributed by atoms with E-state index in [4.69, 9.17) is 4.74 Å². The number of para-hydroxylation sites is 1. The van der Waals surface area contributed by atoms with E-state index in [2.05, 4.69) is 15.5 Å². The van der Waals surface area contributed by atoms with Crippen molar-refractivity contribution >= 4 is 33.2 Å². The highest BCUT2D eigenvalue weighted by molar-refractivity contribution is 7.99. The van der Waals surface area contributed by atoms with Crippen LogP contribution in [0, 0.1) is 5.92 Å². The molecule has 2 heterocycles. The van der Waals surface area contributed by atoms with Gasteiger partial charge < -0.3 is 14.6 Å². The molecule has 1 fully saturated rings. The largest absolute Gasteiger partial charge is 0.457 e. The van der Waals surface area contributed by atoms with Gasteiger partial charge in [0.15, 0.2) is 15.0 Å². The molecule has 1 atom stereocenters. The Hall–Kier alpha value is -2.85. The Morgan fingerprint density at radius 1 is 1.12 bits per heavy atom. The molecule has 0 radical (unpaired) electrons. The zero-order valence-electron chi connectivity index (χ0n) is 17.6. The molecule has 1 aromatic heterocycles.